The van der Waals surface area contributed by atoms with E-state index in [9.17, 15) is 4.79 Å². The molecule has 2 heterocycles. The highest BCUT2D eigenvalue weighted by molar-refractivity contribution is 6.02. The van der Waals surface area contributed by atoms with Gasteiger partial charge in [0.05, 0.1) is 11.9 Å². The number of amides is 1. The summed E-state index contributed by atoms with van der Waals surface area (Å²) in [5.41, 5.74) is 4.32. The number of aromatic nitrogens is 2. The normalized spacial score (nSPS) is 10.3. The van der Waals surface area contributed by atoms with E-state index in [0.29, 0.717) is 12.2 Å². The number of aryl methyl sites for hydroxylation is 1. The minimum absolute atomic E-state index is 0.219. The van der Waals surface area contributed by atoms with Crippen LogP contribution < -0.4 is 10.6 Å². The van der Waals surface area contributed by atoms with Crippen molar-refractivity contribution in [2.24, 2.45) is 0 Å². The van der Waals surface area contributed by atoms with Crippen molar-refractivity contribution < 1.29 is 4.79 Å². The summed E-state index contributed by atoms with van der Waals surface area (Å²) in [6.45, 7) is 2.76. The van der Waals surface area contributed by atoms with Crippen molar-refractivity contribution in [2.75, 3.05) is 10.6 Å². The molecule has 0 saturated carbocycles. The molecule has 0 fully saturated rings. The van der Waals surface area contributed by atoms with Gasteiger partial charge in [0.25, 0.3) is 5.91 Å². The van der Waals surface area contributed by atoms with E-state index in [1.165, 1.54) is 5.56 Å². The second-order valence-corrected chi connectivity index (χ2v) is 5.65. The highest BCUT2D eigenvalue weighted by Crippen LogP contribution is 2.13. The summed E-state index contributed by atoms with van der Waals surface area (Å²) in [5, 5.41) is 6.11. The first-order valence-corrected chi connectivity index (χ1v) is 8.23. The zero-order valence-electron chi connectivity index (χ0n) is 14.1. The van der Waals surface area contributed by atoms with Gasteiger partial charge in [0.15, 0.2) is 0 Å². The third-order valence-corrected chi connectivity index (χ3v) is 3.84. The van der Waals surface area contributed by atoms with Gasteiger partial charge in [-0.3, -0.25) is 9.78 Å². The first-order chi connectivity index (χ1) is 12.2. The van der Waals surface area contributed by atoms with Gasteiger partial charge in [-0.15, -0.1) is 0 Å². The molecule has 25 heavy (non-hydrogen) atoms. The zero-order chi connectivity index (χ0) is 17.5. The molecule has 1 amide bonds. The van der Waals surface area contributed by atoms with Crippen molar-refractivity contribution in [2.45, 2.75) is 19.9 Å². The Bertz CT molecular complexity index is 815. The molecule has 0 aliphatic carbocycles. The molecule has 0 saturated heterocycles. The molecule has 3 aromatic rings. The van der Waals surface area contributed by atoms with Crippen molar-refractivity contribution in [3.8, 4) is 0 Å². The molecular formula is C20H20N4O. The van der Waals surface area contributed by atoms with Crippen LogP contribution in [-0.2, 0) is 13.0 Å². The van der Waals surface area contributed by atoms with Crippen LogP contribution in [0.1, 0.15) is 28.5 Å². The van der Waals surface area contributed by atoms with Crippen LogP contribution >= 0.6 is 0 Å². The summed E-state index contributed by atoms with van der Waals surface area (Å²) in [7, 11) is 0. The fourth-order valence-corrected chi connectivity index (χ4v) is 2.36. The average molecular weight is 332 g/mol. The molecule has 0 aliphatic rings. The monoisotopic (exact) mass is 332 g/mol. The smallest absolute Gasteiger partial charge is 0.274 e. The summed E-state index contributed by atoms with van der Waals surface area (Å²) in [6, 6.07) is 15.3. The summed E-state index contributed by atoms with van der Waals surface area (Å²) < 4.78 is 0. The molecule has 0 bridgehead atoms. The van der Waals surface area contributed by atoms with E-state index in [2.05, 4.69) is 27.5 Å². The first kappa shape index (κ1) is 16.6. The van der Waals surface area contributed by atoms with E-state index < -0.39 is 0 Å². The fourth-order valence-electron chi connectivity index (χ4n) is 2.36. The second-order valence-electron chi connectivity index (χ2n) is 5.65. The Morgan fingerprint density at radius 2 is 1.76 bits per heavy atom. The Morgan fingerprint density at radius 1 is 0.960 bits per heavy atom. The average Bonchev–Trinajstić information content (AvgIpc) is 2.68. The SMILES string of the molecule is CCc1ccc(NC(=O)c2ccc(NCc3cccnc3)cn2)cc1. The topological polar surface area (TPSA) is 66.9 Å². The molecule has 0 spiro atoms. The number of nitrogens with zero attached hydrogens (tertiary/aromatic N) is 2. The Kier molecular flexibility index (Phi) is 5.36. The lowest BCUT2D eigenvalue weighted by molar-refractivity contribution is 0.102. The maximum Gasteiger partial charge on any atom is 0.274 e. The van der Waals surface area contributed by atoms with Gasteiger partial charge in [0.1, 0.15) is 5.69 Å². The lowest BCUT2D eigenvalue weighted by atomic mass is 10.1. The summed E-state index contributed by atoms with van der Waals surface area (Å²) in [4.78, 5) is 20.6. The predicted octanol–water partition coefficient (Wildman–Crippen LogP) is 3.90. The number of anilines is 2. The van der Waals surface area contributed by atoms with Gasteiger partial charge in [0, 0.05) is 24.6 Å². The van der Waals surface area contributed by atoms with Crippen LogP contribution in [0.5, 0.6) is 0 Å². The maximum absolute atomic E-state index is 12.3. The van der Waals surface area contributed by atoms with Crippen molar-refractivity contribution >= 4 is 17.3 Å². The van der Waals surface area contributed by atoms with E-state index in [1.54, 1.807) is 18.5 Å². The second kappa shape index (κ2) is 8.06. The number of pyridine rings is 2. The quantitative estimate of drug-likeness (QED) is 0.718. The van der Waals surface area contributed by atoms with Gasteiger partial charge in [-0.2, -0.15) is 0 Å². The van der Waals surface area contributed by atoms with Crippen molar-refractivity contribution in [3.05, 3.63) is 83.9 Å². The lowest BCUT2D eigenvalue weighted by Gasteiger charge is -2.08. The van der Waals surface area contributed by atoms with Crippen molar-refractivity contribution in [1.29, 1.82) is 0 Å². The molecule has 3 rings (SSSR count). The van der Waals surface area contributed by atoms with Crippen LogP contribution in [0, 0.1) is 0 Å². The summed E-state index contributed by atoms with van der Waals surface area (Å²) in [6.07, 6.45) is 6.19. The Morgan fingerprint density at radius 3 is 2.40 bits per heavy atom. The third kappa shape index (κ3) is 4.64. The summed E-state index contributed by atoms with van der Waals surface area (Å²) >= 11 is 0. The Balaban J connectivity index is 1.58. The van der Waals surface area contributed by atoms with Gasteiger partial charge >= 0.3 is 0 Å². The number of nitrogens with one attached hydrogen (secondary N) is 2. The van der Waals surface area contributed by atoms with Crippen LogP contribution in [0.15, 0.2) is 67.1 Å². The highest BCUT2D eigenvalue weighted by Gasteiger charge is 2.07. The van der Waals surface area contributed by atoms with E-state index in [1.807, 2.05) is 48.7 Å². The summed E-state index contributed by atoms with van der Waals surface area (Å²) in [5.74, 6) is -0.219. The number of rotatable bonds is 6. The third-order valence-electron chi connectivity index (χ3n) is 3.84. The predicted molar refractivity (Wildman–Crippen MR) is 99.6 cm³/mol. The molecule has 5 nitrogen and oxygen atoms in total. The minimum Gasteiger partial charge on any atom is -0.380 e. The number of hydrogen-bond acceptors (Lipinski definition) is 4. The molecule has 5 heteroatoms. The molecule has 126 valence electrons. The Hall–Kier alpha value is -3.21. The molecule has 2 N–H and O–H groups in total. The molecule has 0 aliphatic heterocycles. The fraction of sp³-hybridized carbons (Fsp3) is 0.150. The molecule has 1 aromatic carbocycles. The molecule has 2 aromatic heterocycles. The van der Waals surface area contributed by atoms with E-state index in [4.69, 9.17) is 0 Å². The van der Waals surface area contributed by atoms with Crippen LogP contribution in [0.4, 0.5) is 11.4 Å². The minimum atomic E-state index is -0.219. The highest BCUT2D eigenvalue weighted by atomic mass is 16.1. The van der Waals surface area contributed by atoms with Crippen LogP contribution in [0.3, 0.4) is 0 Å². The number of carbonyl (C=O) groups excluding carboxylic acids is 1. The van der Waals surface area contributed by atoms with E-state index >= 15 is 0 Å². The van der Waals surface area contributed by atoms with Crippen molar-refractivity contribution in [3.63, 3.8) is 0 Å². The van der Waals surface area contributed by atoms with Crippen LogP contribution in [0.2, 0.25) is 0 Å². The van der Waals surface area contributed by atoms with Crippen LogP contribution in [0.25, 0.3) is 0 Å². The Labute approximate surface area is 147 Å². The number of hydrogen-bond donors (Lipinski definition) is 2. The van der Waals surface area contributed by atoms with Gasteiger partial charge in [-0.1, -0.05) is 25.1 Å². The molecule has 0 radical (unpaired) electrons. The maximum atomic E-state index is 12.3. The van der Waals surface area contributed by atoms with Gasteiger partial charge in [-0.05, 0) is 47.9 Å². The van der Waals surface area contributed by atoms with Crippen molar-refractivity contribution in [1.82, 2.24) is 9.97 Å². The van der Waals surface area contributed by atoms with Crippen LogP contribution in [-0.4, -0.2) is 15.9 Å². The number of carbonyl (C=O) groups is 1. The lowest BCUT2D eigenvalue weighted by Crippen LogP contribution is -2.13. The number of benzene rings is 1. The molecule has 0 unspecified atom stereocenters. The molecular weight excluding hydrogens is 312 g/mol. The molecule has 0 atom stereocenters. The van der Waals surface area contributed by atoms with Gasteiger partial charge in [-0.25, -0.2) is 4.98 Å². The first-order valence-electron chi connectivity index (χ1n) is 8.23. The standard InChI is InChI=1S/C20H20N4O/c1-2-15-5-7-17(8-6-15)24-20(25)19-10-9-18(14-23-19)22-13-16-4-3-11-21-12-16/h3-12,14,22H,2,13H2,1H3,(H,24,25). The van der Waals surface area contributed by atoms with E-state index in [0.717, 1.165) is 23.4 Å². The van der Waals surface area contributed by atoms with Gasteiger partial charge in [0.2, 0.25) is 0 Å². The van der Waals surface area contributed by atoms with Gasteiger partial charge < -0.3 is 10.6 Å². The van der Waals surface area contributed by atoms with E-state index in [-0.39, 0.29) is 5.91 Å². The largest absolute Gasteiger partial charge is 0.380 e. The zero-order valence-corrected chi connectivity index (χ0v) is 14.1.